The van der Waals surface area contributed by atoms with E-state index in [9.17, 15) is 4.79 Å². The Labute approximate surface area is 99.7 Å². The van der Waals surface area contributed by atoms with Gasteiger partial charge in [0.25, 0.3) is 5.91 Å². The fourth-order valence-electron chi connectivity index (χ4n) is 1.72. The van der Waals surface area contributed by atoms with Gasteiger partial charge < -0.3 is 10.6 Å². The van der Waals surface area contributed by atoms with E-state index in [1.54, 1.807) is 11.3 Å². The molecule has 1 aromatic heterocycles. The Morgan fingerprint density at radius 1 is 1.60 bits per heavy atom. The summed E-state index contributed by atoms with van der Waals surface area (Å²) in [4.78, 5) is 13.8. The third kappa shape index (κ3) is 2.51. The second kappa shape index (κ2) is 4.96. The molecule has 0 saturated carbocycles. The lowest BCUT2D eigenvalue weighted by molar-refractivity contribution is 0.0791. The second-order valence-electron chi connectivity index (χ2n) is 3.77. The molecular weight excluding hydrogens is 232 g/mol. The number of carbonyl (C=O) groups excluding carboxylic acids is 1. The maximum Gasteiger partial charge on any atom is 0.255 e. The quantitative estimate of drug-likeness (QED) is 0.819. The van der Waals surface area contributed by atoms with Crippen molar-refractivity contribution >= 4 is 29.7 Å². The van der Waals surface area contributed by atoms with Crippen LogP contribution in [0.1, 0.15) is 22.3 Å². The monoisotopic (exact) mass is 246 g/mol. The summed E-state index contributed by atoms with van der Waals surface area (Å²) >= 11 is 1.58. The number of nitrogens with two attached hydrogens (primary N) is 1. The number of hydrogen-bond donors (Lipinski definition) is 1. The number of aryl methyl sites for hydroxylation is 1. The third-order valence-corrected chi connectivity index (χ3v) is 3.46. The molecule has 5 heteroatoms. The van der Waals surface area contributed by atoms with Crippen molar-refractivity contribution in [3.8, 4) is 0 Å². The summed E-state index contributed by atoms with van der Waals surface area (Å²) in [6, 6.07) is 0.165. The van der Waals surface area contributed by atoms with E-state index in [2.05, 4.69) is 0 Å². The summed E-state index contributed by atoms with van der Waals surface area (Å²) in [5, 5.41) is 3.92. The first-order valence-electron chi connectivity index (χ1n) is 4.76. The first-order chi connectivity index (χ1) is 6.68. The third-order valence-electron chi connectivity index (χ3n) is 2.60. The smallest absolute Gasteiger partial charge is 0.255 e. The Morgan fingerprint density at radius 3 is 2.80 bits per heavy atom. The molecular formula is C10H15ClN2OS. The summed E-state index contributed by atoms with van der Waals surface area (Å²) in [7, 11) is 0. The summed E-state index contributed by atoms with van der Waals surface area (Å²) in [6.45, 7) is 3.48. The zero-order chi connectivity index (χ0) is 10.1. The lowest BCUT2D eigenvalue weighted by atomic mass is 10.2. The Hall–Kier alpha value is -0.580. The first-order valence-corrected chi connectivity index (χ1v) is 5.70. The Morgan fingerprint density at radius 2 is 2.33 bits per heavy atom. The zero-order valence-corrected chi connectivity index (χ0v) is 10.2. The molecule has 15 heavy (non-hydrogen) atoms. The maximum atomic E-state index is 12.0. The van der Waals surface area contributed by atoms with Gasteiger partial charge in [0, 0.05) is 24.5 Å². The van der Waals surface area contributed by atoms with Gasteiger partial charge in [-0.25, -0.2) is 0 Å². The second-order valence-corrected chi connectivity index (χ2v) is 4.51. The number of rotatable bonds is 1. The van der Waals surface area contributed by atoms with Crippen molar-refractivity contribution in [1.29, 1.82) is 0 Å². The Kier molecular flexibility index (Phi) is 4.13. The van der Waals surface area contributed by atoms with Crippen LogP contribution in [0.15, 0.2) is 10.8 Å². The molecule has 1 aliphatic rings. The van der Waals surface area contributed by atoms with Crippen molar-refractivity contribution in [1.82, 2.24) is 4.90 Å². The molecule has 0 radical (unpaired) electrons. The van der Waals surface area contributed by atoms with Gasteiger partial charge in [0.15, 0.2) is 0 Å². The molecule has 1 unspecified atom stereocenters. The van der Waals surface area contributed by atoms with Crippen LogP contribution in [0.2, 0.25) is 0 Å². The highest BCUT2D eigenvalue weighted by molar-refractivity contribution is 7.08. The Bertz CT molecular complexity index is 353. The normalized spacial score (nSPS) is 20.1. The molecule has 0 spiro atoms. The number of likely N-dealkylation sites (tertiary alicyclic amines) is 1. The number of halogens is 1. The number of nitrogens with zero attached hydrogens (tertiary/aromatic N) is 1. The van der Waals surface area contributed by atoms with Crippen LogP contribution < -0.4 is 5.73 Å². The van der Waals surface area contributed by atoms with Crippen LogP contribution in [0.5, 0.6) is 0 Å². The van der Waals surface area contributed by atoms with Crippen molar-refractivity contribution in [3.63, 3.8) is 0 Å². The van der Waals surface area contributed by atoms with E-state index in [4.69, 9.17) is 5.73 Å². The highest BCUT2D eigenvalue weighted by Crippen LogP contribution is 2.18. The molecule has 0 aromatic carbocycles. The molecule has 2 rings (SSSR count). The van der Waals surface area contributed by atoms with Crippen LogP contribution in [-0.4, -0.2) is 29.9 Å². The van der Waals surface area contributed by atoms with Crippen LogP contribution in [0.25, 0.3) is 0 Å². The number of hydrogen-bond acceptors (Lipinski definition) is 3. The zero-order valence-electron chi connectivity index (χ0n) is 8.60. The van der Waals surface area contributed by atoms with Crippen molar-refractivity contribution in [2.75, 3.05) is 13.1 Å². The lowest BCUT2D eigenvalue weighted by Gasteiger charge is -2.15. The summed E-state index contributed by atoms with van der Waals surface area (Å²) in [5.74, 6) is 0.136. The molecule has 1 fully saturated rings. The molecule has 0 aliphatic carbocycles. The molecule has 0 bridgehead atoms. The van der Waals surface area contributed by atoms with Crippen molar-refractivity contribution in [2.45, 2.75) is 19.4 Å². The highest BCUT2D eigenvalue weighted by Gasteiger charge is 2.25. The number of thiophene rings is 1. The van der Waals surface area contributed by atoms with Gasteiger partial charge in [0.1, 0.15) is 0 Å². The first kappa shape index (κ1) is 12.5. The minimum absolute atomic E-state index is 0. The van der Waals surface area contributed by atoms with E-state index in [0.717, 1.165) is 24.1 Å². The molecule has 1 aromatic rings. The van der Waals surface area contributed by atoms with Gasteiger partial charge in [0.05, 0.1) is 5.56 Å². The van der Waals surface area contributed by atoms with Gasteiger partial charge in [0.2, 0.25) is 0 Å². The van der Waals surface area contributed by atoms with Gasteiger partial charge in [-0.05, 0) is 24.3 Å². The molecule has 1 amide bonds. The minimum atomic E-state index is 0. The molecule has 84 valence electrons. The summed E-state index contributed by atoms with van der Waals surface area (Å²) in [6.07, 6.45) is 0.926. The molecule has 1 aliphatic heterocycles. The van der Waals surface area contributed by atoms with E-state index in [0.29, 0.717) is 6.54 Å². The fourth-order valence-corrected chi connectivity index (χ4v) is 2.54. The molecule has 1 saturated heterocycles. The molecule has 2 heterocycles. The average Bonchev–Trinajstić information content (AvgIpc) is 2.73. The molecule has 1 atom stereocenters. The highest BCUT2D eigenvalue weighted by atomic mass is 35.5. The van der Waals surface area contributed by atoms with Crippen LogP contribution in [0.3, 0.4) is 0 Å². The van der Waals surface area contributed by atoms with Gasteiger partial charge >= 0.3 is 0 Å². The number of amides is 1. The SMILES string of the molecule is Cc1cscc1C(=O)N1CCC(N)C1.Cl. The maximum absolute atomic E-state index is 12.0. The number of carbonyl (C=O) groups is 1. The van der Waals surface area contributed by atoms with Gasteiger partial charge in [-0.3, -0.25) is 4.79 Å². The molecule has 3 nitrogen and oxygen atoms in total. The predicted octanol–water partition coefficient (Wildman–Crippen LogP) is 1.65. The van der Waals surface area contributed by atoms with Crippen molar-refractivity contribution < 1.29 is 4.79 Å². The van der Waals surface area contributed by atoms with E-state index in [1.165, 1.54) is 0 Å². The summed E-state index contributed by atoms with van der Waals surface area (Å²) in [5.41, 5.74) is 7.67. The van der Waals surface area contributed by atoms with Crippen LogP contribution in [0.4, 0.5) is 0 Å². The van der Waals surface area contributed by atoms with Crippen LogP contribution in [0, 0.1) is 6.92 Å². The standard InChI is InChI=1S/C10H14N2OS.ClH/c1-7-5-14-6-9(7)10(13)12-3-2-8(11)4-12;/h5-6,8H,2-4,11H2,1H3;1H. The van der Waals surface area contributed by atoms with E-state index >= 15 is 0 Å². The van der Waals surface area contributed by atoms with E-state index in [1.807, 2.05) is 22.6 Å². The molecule has 2 N–H and O–H groups in total. The van der Waals surface area contributed by atoms with E-state index in [-0.39, 0.29) is 24.4 Å². The van der Waals surface area contributed by atoms with Gasteiger partial charge in [-0.2, -0.15) is 11.3 Å². The average molecular weight is 247 g/mol. The largest absolute Gasteiger partial charge is 0.337 e. The summed E-state index contributed by atoms with van der Waals surface area (Å²) < 4.78 is 0. The van der Waals surface area contributed by atoms with E-state index < -0.39 is 0 Å². The van der Waals surface area contributed by atoms with Crippen LogP contribution in [-0.2, 0) is 0 Å². The topological polar surface area (TPSA) is 46.3 Å². The van der Waals surface area contributed by atoms with Gasteiger partial charge in [-0.1, -0.05) is 0 Å². The fraction of sp³-hybridized carbons (Fsp3) is 0.500. The Balaban J connectivity index is 0.00000112. The van der Waals surface area contributed by atoms with Crippen molar-refractivity contribution in [3.05, 3.63) is 21.9 Å². The lowest BCUT2D eigenvalue weighted by Crippen LogP contribution is -2.31. The van der Waals surface area contributed by atoms with Gasteiger partial charge in [-0.15, -0.1) is 12.4 Å². The predicted molar refractivity (Wildman–Crippen MR) is 64.8 cm³/mol. The minimum Gasteiger partial charge on any atom is -0.337 e. The van der Waals surface area contributed by atoms with Crippen molar-refractivity contribution in [2.24, 2.45) is 5.73 Å². The van der Waals surface area contributed by atoms with Crippen LogP contribution >= 0.6 is 23.7 Å².